The molecule has 2 fully saturated rings. The van der Waals surface area contributed by atoms with Crippen molar-refractivity contribution in [2.24, 2.45) is 0 Å². The molecule has 23 heavy (non-hydrogen) atoms. The van der Waals surface area contributed by atoms with Crippen molar-refractivity contribution in [3.63, 3.8) is 0 Å². The highest BCUT2D eigenvalue weighted by Gasteiger charge is 2.34. The SMILES string of the molecule is CCOC(=O)N1CCC(c2nnc(CN(C)C)n2C2CC2)CC1. The van der Waals surface area contributed by atoms with Gasteiger partial charge in [0, 0.05) is 25.0 Å². The predicted molar refractivity (Wildman–Crippen MR) is 86.3 cm³/mol. The lowest BCUT2D eigenvalue weighted by atomic mass is 9.96. The van der Waals surface area contributed by atoms with E-state index in [1.807, 2.05) is 6.92 Å². The van der Waals surface area contributed by atoms with Crippen LogP contribution in [0.15, 0.2) is 0 Å². The van der Waals surface area contributed by atoms with Crippen LogP contribution in [0.2, 0.25) is 0 Å². The summed E-state index contributed by atoms with van der Waals surface area (Å²) in [4.78, 5) is 15.8. The average Bonchev–Trinajstić information content (AvgIpc) is 3.28. The van der Waals surface area contributed by atoms with Gasteiger partial charge in [0.05, 0.1) is 13.2 Å². The second kappa shape index (κ2) is 6.86. The van der Waals surface area contributed by atoms with Gasteiger partial charge in [0.1, 0.15) is 11.6 Å². The Morgan fingerprint density at radius 3 is 2.48 bits per heavy atom. The van der Waals surface area contributed by atoms with Crippen LogP contribution in [0.4, 0.5) is 4.79 Å². The minimum atomic E-state index is -0.192. The molecule has 0 spiro atoms. The van der Waals surface area contributed by atoms with Crippen molar-refractivity contribution in [2.45, 2.75) is 51.1 Å². The lowest BCUT2D eigenvalue weighted by Gasteiger charge is -2.31. The number of hydrogen-bond acceptors (Lipinski definition) is 5. The maximum Gasteiger partial charge on any atom is 0.409 e. The number of carbonyl (C=O) groups is 1. The van der Waals surface area contributed by atoms with Gasteiger partial charge in [-0.05, 0) is 46.7 Å². The fourth-order valence-electron chi connectivity index (χ4n) is 3.27. The second-order valence-electron chi connectivity index (χ2n) is 6.77. The Morgan fingerprint density at radius 1 is 1.22 bits per heavy atom. The van der Waals surface area contributed by atoms with Gasteiger partial charge in [-0.3, -0.25) is 0 Å². The Hall–Kier alpha value is -1.63. The van der Waals surface area contributed by atoms with E-state index in [1.54, 1.807) is 4.90 Å². The summed E-state index contributed by atoms with van der Waals surface area (Å²) in [6.45, 7) is 4.58. The predicted octanol–water partition coefficient (Wildman–Crippen LogP) is 2.01. The van der Waals surface area contributed by atoms with Gasteiger partial charge in [0.25, 0.3) is 0 Å². The van der Waals surface area contributed by atoms with Crippen molar-refractivity contribution in [2.75, 3.05) is 33.8 Å². The smallest absolute Gasteiger partial charge is 0.409 e. The highest BCUT2D eigenvalue weighted by atomic mass is 16.6. The number of piperidine rings is 1. The number of likely N-dealkylation sites (tertiary alicyclic amines) is 1. The average molecular weight is 321 g/mol. The van der Waals surface area contributed by atoms with E-state index in [9.17, 15) is 4.79 Å². The maximum atomic E-state index is 11.8. The molecule has 1 saturated carbocycles. The van der Waals surface area contributed by atoms with Gasteiger partial charge in [0.15, 0.2) is 0 Å². The molecule has 1 aromatic heterocycles. The zero-order valence-electron chi connectivity index (χ0n) is 14.4. The number of amides is 1. The molecule has 0 bridgehead atoms. The van der Waals surface area contributed by atoms with E-state index < -0.39 is 0 Å². The summed E-state index contributed by atoms with van der Waals surface area (Å²) in [5.74, 6) is 2.58. The van der Waals surface area contributed by atoms with Crippen molar-refractivity contribution in [1.29, 1.82) is 0 Å². The summed E-state index contributed by atoms with van der Waals surface area (Å²) in [5.41, 5.74) is 0. The quantitative estimate of drug-likeness (QED) is 0.830. The number of aromatic nitrogens is 3. The first-order chi connectivity index (χ1) is 11.1. The molecule has 2 heterocycles. The van der Waals surface area contributed by atoms with Crippen LogP contribution in [0.5, 0.6) is 0 Å². The van der Waals surface area contributed by atoms with Crippen LogP contribution >= 0.6 is 0 Å². The fourth-order valence-corrected chi connectivity index (χ4v) is 3.27. The highest BCUT2D eigenvalue weighted by molar-refractivity contribution is 5.67. The largest absolute Gasteiger partial charge is 0.450 e. The monoisotopic (exact) mass is 321 g/mol. The van der Waals surface area contributed by atoms with Crippen LogP contribution in [-0.4, -0.2) is 64.4 Å². The molecule has 1 aliphatic heterocycles. The summed E-state index contributed by atoms with van der Waals surface area (Å²) in [5, 5.41) is 8.95. The molecule has 1 aromatic rings. The van der Waals surface area contributed by atoms with Crippen molar-refractivity contribution in [3.05, 3.63) is 11.6 Å². The van der Waals surface area contributed by atoms with E-state index in [1.165, 1.54) is 12.8 Å². The van der Waals surface area contributed by atoms with Crippen LogP contribution in [0.1, 0.15) is 56.2 Å². The van der Waals surface area contributed by atoms with Gasteiger partial charge >= 0.3 is 6.09 Å². The van der Waals surface area contributed by atoms with Crippen LogP contribution in [0.3, 0.4) is 0 Å². The molecule has 0 unspecified atom stereocenters. The summed E-state index contributed by atoms with van der Waals surface area (Å²) in [6.07, 6.45) is 4.14. The number of nitrogens with zero attached hydrogens (tertiary/aromatic N) is 5. The van der Waals surface area contributed by atoms with Crippen LogP contribution < -0.4 is 0 Å². The van der Waals surface area contributed by atoms with E-state index in [-0.39, 0.29) is 6.09 Å². The Kier molecular flexibility index (Phi) is 4.84. The van der Waals surface area contributed by atoms with Crippen LogP contribution in [0.25, 0.3) is 0 Å². The first kappa shape index (κ1) is 16.2. The summed E-state index contributed by atoms with van der Waals surface area (Å²) >= 11 is 0. The zero-order chi connectivity index (χ0) is 16.4. The number of rotatable bonds is 5. The Bertz CT molecular complexity index is 545. The van der Waals surface area contributed by atoms with Crippen LogP contribution in [0, 0.1) is 0 Å². The minimum absolute atomic E-state index is 0.192. The molecule has 3 rings (SSSR count). The normalized spacial score (nSPS) is 19.4. The van der Waals surface area contributed by atoms with Gasteiger partial charge in [-0.15, -0.1) is 10.2 Å². The Labute approximate surface area is 137 Å². The molecular formula is C16H27N5O2. The first-order valence-corrected chi connectivity index (χ1v) is 8.60. The van der Waals surface area contributed by atoms with E-state index in [0.717, 1.165) is 44.1 Å². The third-order valence-electron chi connectivity index (χ3n) is 4.55. The van der Waals surface area contributed by atoms with Crippen molar-refractivity contribution in [1.82, 2.24) is 24.6 Å². The molecule has 7 heteroatoms. The lowest BCUT2D eigenvalue weighted by molar-refractivity contribution is 0.0963. The first-order valence-electron chi connectivity index (χ1n) is 8.60. The van der Waals surface area contributed by atoms with Crippen LogP contribution in [-0.2, 0) is 11.3 Å². The molecule has 0 N–H and O–H groups in total. The third kappa shape index (κ3) is 3.65. The van der Waals surface area contributed by atoms with Gasteiger partial charge in [-0.25, -0.2) is 4.79 Å². The molecular weight excluding hydrogens is 294 g/mol. The molecule has 1 amide bonds. The molecule has 0 aromatic carbocycles. The molecule has 2 aliphatic rings. The number of hydrogen-bond donors (Lipinski definition) is 0. The highest BCUT2D eigenvalue weighted by Crippen LogP contribution is 2.39. The zero-order valence-corrected chi connectivity index (χ0v) is 14.4. The lowest BCUT2D eigenvalue weighted by Crippen LogP contribution is -2.38. The molecule has 0 atom stereocenters. The molecule has 128 valence electrons. The van der Waals surface area contributed by atoms with E-state index in [2.05, 4.69) is 33.8 Å². The fraction of sp³-hybridized carbons (Fsp3) is 0.812. The van der Waals surface area contributed by atoms with E-state index in [4.69, 9.17) is 4.74 Å². The Balaban J connectivity index is 1.68. The maximum absolute atomic E-state index is 11.8. The molecule has 0 radical (unpaired) electrons. The summed E-state index contributed by atoms with van der Waals surface area (Å²) < 4.78 is 7.46. The van der Waals surface area contributed by atoms with Gasteiger partial charge in [0.2, 0.25) is 0 Å². The molecule has 1 aliphatic carbocycles. The molecule has 1 saturated heterocycles. The van der Waals surface area contributed by atoms with Gasteiger partial charge in [-0.2, -0.15) is 0 Å². The number of ether oxygens (including phenoxy) is 1. The standard InChI is InChI=1S/C16H27N5O2/c1-4-23-16(22)20-9-7-12(8-10-20)15-18-17-14(11-19(2)3)21(15)13-5-6-13/h12-13H,4-11H2,1-3H3. The van der Waals surface area contributed by atoms with E-state index >= 15 is 0 Å². The van der Waals surface area contributed by atoms with Crippen molar-refractivity contribution < 1.29 is 9.53 Å². The molecule has 7 nitrogen and oxygen atoms in total. The third-order valence-corrected chi connectivity index (χ3v) is 4.55. The van der Waals surface area contributed by atoms with Gasteiger partial charge in [-0.1, -0.05) is 0 Å². The topological polar surface area (TPSA) is 63.5 Å². The Morgan fingerprint density at radius 2 is 1.91 bits per heavy atom. The second-order valence-corrected chi connectivity index (χ2v) is 6.77. The summed E-state index contributed by atoms with van der Waals surface area (Å²) in [7, 11) is 4.12. The van der Waals surface area contributed by atoms with Crippen molar-refractivity contribution in [3.8, 4) is 0 Å². The van der Waals surface area contributed by atoms with Gasteiger partial charge < -0.3 is 19.1 Å². The van der Waals surface area contributed by atoms with E-state index in [0.29, 0.717) is 18.6 Å². The summed E-state index contributed by atoms with van der Waals surface area (Å²) in [6, 6.07) is 0.582. The van der Waals surface area contributed by atoms with Crippen molar-refractivity contribution >= 4 is 6.09 Å². The number of carbonyl (C=O) groups excluding carboxylic acids is 1. The minimum Gasteiger partial charge on any atom is -0.450 e.